The highest BCUT2D eigenvalue weighted by molar-refractivity contribution is 5.69. The summed E-state index contributed by atoms with van der Waals surface area (Å²) in [5, 5.41) is 0. The summed E-state index contributed by atoms with van der Waals surface area (Å²) >= 11 is 0. The van der Waals surface area contributed by atoms with Gasteiger partial charge >= 0.3 is 5.97 Å². The van der Waals surface area contributed by atoms with Crippen LogP contribution in [0.3, 0.4) is 0 Å². The second kappa shape index (κ2) is 4.96. The Morgan fingerprint density at radius 3 is 2.92 bits per heavy atom. The van der Waals surface area contributed by atoms with Crippen molar-refractivity contribution in [3.05, 3.63) is 12.2 Å². The summed E-state index contributed by atoms with van der Waals surface area (Å²) in [7, 11) is 0. The van der Waals surface area contributed by atoms with Crippen molar-refractivity contribution in [3.8, 4) is 0 Å². The zero-order valence-electron chi connectivity index (χ0n) is 7.58. The molecule has 0 heterocycles. The van der Waals surface area contributed by atoms with Crippen LogP contribution in [0.4, 0.5) is 0 Å². The van der Waals surface area contributed by atoms with E-state index in [-0.39, 0.29) is 5.97 Å². The fraction of sp³-hybridized carbons (Fsp3) is 0.700. The number of carbonyl (C=O) groups is 1. The minimum absolute atomic E-state index is 0.0556. The predicted molar refractivity (Wildman–Crippen MR) is 47.7 cm³/mol. The first kappa shape index (κ1) is 9.30. The van der Waals surface area contributed by atoms with Crippen LogP contribution in [0, 0.1) is 5.92 Å². The third kappa shape index (κ3) is 4.16. The minimum Gasteiger partial charge on any atom is -0.465 e. The van der Waals surface area contributed by atoms with Crippen LogP contribution in [0.25, 0.3) is 0 Å². The lowest BCUT2D eigenvalue weighted by Gasteiger charge is -2.00. The van der Waals surface area contributed by atoms with E-state index in [1.54, 1.807) is 0 Å². The van der Waals surface area contributed by atoms with E-state index in [4.69, 9.17) is 4.74 Å². The smallest absolute Gasteiger partial charge is 0.306 e. The van der Waals surface area contributed by atoms with E-state index < -0.39 is 0 Å². The van der Waals surface area contributed by atoms with Crippen molar-refractivity contribution in [3.63, 3.8) is 0 Å². The Balaban J connectivity index is 1.94. The van der Waals surface area contributed by atoms with Crippen molar-refractivity contribution >= 4 is 5.97 Å². The average molecular weight is 168 g/mol. The zero-order chi connectivity index (χ0) is 8.81. The molecule has 68 valence electrons. The number of rotatable bonds is 5. The third-order valence-corrected chi connectivity index (χ3v) is 1.93. The van der Waals surface area contributed by atoms with Gasteiger partial charge in [0.1, 0.15) is 0 Å². The maximum Gasteiger partial charge on any atom is 0.306 e. The summed E-state index contributed by atoms with van der Waals surface area (Å²) < 4.78 is 5.04. The molecule has 0 amide bonds. The highest BCUT2D eigenvalue weighted by Crippen LogP contribution is 2.28. The summed E-state index contributed by atoms with van der Waals surface area (Å²) in [5.41, 5.74) is 0. The van der Waals surface area contributed by atoms with E-state index in [1.165, 1.54) is 12.8 Å². The topological polar surface area (TPSA) is 26.3 Å². The lowest BCUT2D eigenvalue weighted by atomic mass is 10.3. The van der Waals surface area contributed by atoms with E-state index in [0.29, 0.717) is 18.9 Å². The molecule has 0 aromatic heterocycles. The monoisotopic (exact) mass is 168 g/mol. The summed E-state index contributed by atoms with van der Waals surface area (Å²) in [6, 6.07) is 0. The van der Waals surface area contributed by atoms with Gasteiger partial charge in [0.15, 0.2) is 0 Å². The standard InChI is InChI=1S/C10H16O2/c1-2-3-4-5-10(11)12-8-9-6-7-9/h2-3,9H,4-8H2,1H3/b3-2+. The van der Waals surface area contributed by atoms with Crippen LogP contribution in [0.5, 0.6) is 0 Å². The van der Waals surface area contributed by atoms with Gasteiger partial charge in [-0.05, 0) is 32.1 Å². The molecule has 2 heteroatoms. The van der Waals surface area contributed by atoms with Crippen LogP contribution in [0.15, 0.2) is 12.2 Å². The fourth-order valence-corrected chi connectivity index (χ4v) is 0.935. The Hall–Kier alpha value is -0.790. The molecule has 0 atom stereocenters. The van der Waals surface area contributed by atoms with E-state index in [1.807, 2.05) is 19.1 Å². The first-order valence-corrected chi connectivity index (χ1v) is 4.59. The van der Waals surface area contributed by atoms with Crippen LogP contribution >= 0.6 is 0 Å². The van der Waals surface area contributed by atoms with Crippen molar-refractivity contribution in [1.29, 1.82) is 0 Å². The number of carbonyl (C=O) groups excluding carboxylic acids is 1. The maximum absolute atomic E-state index is 11.0. The molecule has 0 unspecified atom stereocenters. The van der Waals surface area contributed by atoms with Crippen LogP contribution in [-0.2, 0) is 9.53 Å². The molecule has 12 heavy (non-hydrogen) atoms. The highest BCUT2D eigenvalue weighted by Gasteiger charge is 2.22. The molecule has 0 radical (unpaired) electrons. The minimum atomic E-state index is -0.0556. The molecular formula is C10H16O2. The Bertz CT molecular complexity index is 169. The average Bonchev–Trinajstić information content (AvgIpc) is 2.84. The number of esters is 1. The van der Waals surface area contributed by atoms with Gasteiger partial charge in [0.25, 0.3) is 0 Å². The second-order valence-electron chi connectivity index (χ2n) is 3.23. The van der Waals surface area contributed by atoms with Gasteiger partial charge in [0, 0.05) is 6.42 Å². The number of hydrogen-bond acceptors (Lipinski definition) is 2. The van der Waals surface area contributed by atoms with Crippen molar-refractivity contribution in [2.24, 2.45) is 5.92 Å². The largest absolute Gasteiger partial charge is 0.465 e. The molecule has 1 rings (SSSR count). The number of ether oxygens (including phenoxy) is 1. The summed E-state index contributed by atoms with van der Waals surface area (Å²) in [5.74, 6) is 0.621. The third-order valence-electron chi connectivity index (χ3n) is 1.93. The van der Waals surface area contributed by atoms with Crippen molar-refractivity contribution in [2.75, 3.05) is 6.61 Å². The van der Waals surface area contributed by atoms with Gasteiger partial charge in [0.2, 0.25) is 0 Å². The van der Waals surface area contributed by atoms with Crippen LogP contribution in [-0.4, -0.2) is 12.6 Å². The van der Waals surface area contributed by atoms with E-state index in [9.17, 15) is 4.79 Å². The van der Waals surface area contributed by atoms with Crippen LogP contribution in [0.1, 0.15) is 32.6 Å². The van der Waals surface area contributed by atoms with Crippen LogP contribution in [0.2, 0.25) is 0 Å². The van der Waals surface area contributed by atoms with Crippen LogP contribution < -0.4 is 0 Å². The van der Waals surface area contributed by atoms with Gasteiger partial charge in [-0.25, -0.2) is 0 Å². The molecule has 0 saturated heterocycles. The lowest BCUT2D eigenvalue weighted by molar-refractivity contribution is -0.144. The number of hydrogen-bond donors (Lipinski definition) is 0. The van der Waals surface area contributed by atoms with E-state index in [2.05, 4.69) is 0 Å². The summed E-state index contributed by atoms with van der Waals surface area (Å²) in [6.45, 7) is 2.60. The quantitative estimate of drug-likeness (QED) is 0.465. The molecule has 0 N–H and O–H groups in total. The zero-order valence-corrected chi connectivity index (χ0v) is 7.58. The first-order chi connectivity index (χ1) is 5.83. The second-order valence-corrected chi connectivity index (χ2v) is 3.23. The molecule has 1 aliphatic rings. The molecule has 0 aliphatic heterocycles. The Labute approximate surface area is 73.6 Å². The summed E-state index contributed by atoms with van der Waals surface area (Å²) in [6.07, 6.45) is 7.74. The molecule has 1 saturated carbocycles. The molecule has 2 nitrogen and oxygen atoms in total. The van der Waals surface area contributed by atoms with E-state index >= 15 is 0 Å². The SMILES string of the molecule is C/C=C/CCC(=O)OCC1CC1. The molecular weight excluding hydrogens is 152 g/mol. The molecule has 0 aromatic rings. The molecule has 1 fully saturated rings. The maximum atomic E-state index is 11.0. The molecule has 0 spiro atoms. The van der Waals surface area contributed by atoms with Crippen molar-refractivity contribution in [2.45, 2.75) is 32.6 Å². The van der Waals surface area contributed by atoms with Crippen molar-refractivity contribution < 1.29 is 9.53 Å². The van der Waals surface area contributed by atoms with Gasteiger partial charge < -0.3 is 4.74 Å². The Morgan fingerprint density at radius 2 is 2.33 bits per heavy atom. The van der Waals surface area contributed by atoms with Crippen molar-refractivity contribution in [1.82, 2.24) is 0 Å². The van der Waals surface area contributed by atoms with Gasteiger partial charge in [-0.2, -0.15) is 0 Å². The summed E-state index contributed by atoms with van der Waals surface area (Å²) in [4.78, 5) is 11.0. The fourth-order valence-electron chi connectivity index (χ4n) is 0.935. The normalized spacial score (nSPS) is 16.8. The molecule has 0 aromatic carbocycles. The first-order valence-electron chi connectivity index (χ1n) is 4.59. The van der Waals surface area contributed by atoms with E-state index in [0.717, 1.165) is 6.42 Å². The van der Waals surface area contributed by atoms with Gasteiger partial charge in [-0.3, -0.25) is 4.79 Å². The van der Waals surface area contributed by atoms with Gasteiger partial charge in [-0.15, -0.1) is 0 Å². The lowest BCUT2D eigenvalue weighted by Crippen LogP contribution is -2.06. The Morgan fingerprint density at radius 1 is 1.58 bits per heavy atom. The molecule has 1 aliphatic carbocycles. The van der Waals surface area contributed by atoms with Gasteiger partial charge in [0.05, 0.1) is 6.61 Å². The molecule has 0 bridgehead atoms. The highest BCUT2D eigenvalue weighted by atomic mass is 16.5. The van der Waals surface area contributed by atoms with Gasteiger partial charge in [-0.1, -0.05) is 12.2 Å². The Kier molecular flexibility index (Phi) is 3.85. The number of allylic oxidation sites excluding steroid dienone is 2. The predicted octanol–water partition coefficient (Wildman–Crippen LogP) is 2.30.